The van der Waals surface area contributed by atoms with Crippen LogP contribution in [-0.4, -0.2) is 113 Å². The number of rotatable bonds is 16. The van der Waals surface area contributed by atoms with Gasteiger partial charge in [0.05, 0.1) is 45.3 Å². The number of terminal acetylenes is 1. The molecule has 1 aliphatic heterocycles. The van der Waals surface area contributed by atoms with Crippen LogP contribution < -0.4 is 15.4 Å². The molecular formula is C23H35N2O11PS. The largest absolute Gasteiger partial charge is 0.462 e. The molecule has 15 heteroatoms. The van der Waals surface area contributed by atoms with Crippen molar-refractivity contribution in [1.29, 1.82) is 0 Å². The summed E-state index contributed by atoms with van der Waals surface area (Å²) in [5, 5.41) is 36.8. The van der Waals surface area contributed by atoms with Crippen molar-refractivity contribution in [3.05, 3.63) is 24.3 Å². The van der Waals surface area contributed by atoms with Crippen LogP contribution in [0.4, 0.5) is 5.69 Å². The van der Waals surface area contributed by atoms with Crippen LogP contribution in [0.3, 0.4) is 0 Å². The molecule has 1 aromatic rings. The van der Waals surface area contributed by atoms with Crippen LogP contribution in [0.1, 0.15) is 6.42 Å². The molecule has 0 unspecified atom stereocenters. The van der Waals surface area contributed by atoms with Gasteiger partial charge in [-0.1, -0.05) is 5.92 Å². The molecule has 1 saturated heterocycles. The average Bonchev–Trinajstić information content (AvgIpc) is 2.87. The summed E-state index contributed by atoms with van der Waals surface area (Å²) in [6.45, 7) is 2.91. The van der Waals surface area contributed by atoms with Crippen molar-refractivity contribution >= 4 is 30.6 Å². The third kappa shape index (κ3) is 12.3. The first kappa shape index (κ1) is 32.4. The molecule has 13 nitrogen and oxygen atoms in total. The first-order chi connectivity index (χ1) is 18.1. The molecule has 1 aromatic carbocycles. The maximum absolute atomic E-state index is 11.1. The predicted octanol–water partition coefficient (Wildman–Crippen LogP) is -0.590. The number of aliphatic hydroxyl groups is 3. The van der Waals surface area contributed by atoms with Gasteiger partial charge in [-0.15, -0.1) is 6.42 Å². The number of ether oxygens (including phenoxy) is 5. The average molecular weight is 579 g/mol. The van der Waals surface area contributed by atoms with Crippen molar-refractivity contribution in [2.24, 2.45) is 0 Å². The zero-order valence-corrected chi connectivity index (χ0v) is 22.4. The van der Waals surface area contributed by atoms with E-state index in [0.717, 1.165) is 0 Å². The highest BCUT2D eigenvalue weighted by Gasteiger charge is 2.45. The topological polar surface area (TPSA) is 188 Å². The van der Waals surface area contributed by atoms with E-state index in [2.05, 4.69) is 16.6 Å². The van der Waals surface area contributed by atoms with Crippen molar-refractivity contribution in [3.8, 4) is 18.1 Å². The molecule has 1 aliphatic rings. The van der Waals surface area contributed by atoms with Crippen molar-refractivity contribution < 1.29 is 53.4 Å². The highest BCUT2D eigenvalue weighted by Crippen LogP contribution is 2.37. The fraction of sp³-hybridized carbons (Fsp3) is 0.609. The Morgan fingerprint density at radius 3 is 2.26 bits per heavy atom. The third-order valence-electron chi connectivity index (χ3n) is 5.20. The second kappa shape index (κ2) is 17.0. The van der Waals surface area contributed by atoms with Crippen molar-refractivity contribution in [2.45, 2.75) is 37.1 Å². The van der Waals surface area contributed by atoms with Gasteiger partial charge in [-0.25, -0.2) is 0 Å². The molecule has 0 spiro atoms. The van der Waals surface area contributed by atoms with E-state index in [4.69, 9.17) is 52.1 Å². The van der Waals surface area contributed by atoms with Crippen LogP contribution in [0, 0.1) is 12.3 Å². The molecule has 214 valence electrons. The number of aliphatic hydroxyl groups excluding tert-OH is 3. The molecule has 5 atom stereocenters. The van der Waals surface area contributed by atoms with Crippen LogP contribution in [0.25, 0.3) is 0 Å². The molecule has 38 heavy (non-hydrogen) atoms. The summed E-state index contributed by atoms with van der Waals surface area (Å²) in [6, 6.07) is 6.47. The Morgan fingerprint density at radius 1 is 1.00 bits per heavy atom. The molecular weight excluding hydrogens is 543 g/mol. The van der Waals surface area contributed by atoms with Gasteiger partial charge in [0.2, 0.25) is 6.29 Å². The first-order valence-corrected chi connectivity index (χ1v) is 14.0. The standard InChI is InChI=1S/C23H35N2O11PS/c1-2-9-32-11-13-34-14-12-33-10-8-24-23(38)25-16-3-5-17(6-4-16)35-22-21(28)20(27)19(26)18(36-22)7-15-37(29,30)31/h1,3-6,18-22,26-28H,7-15H2,(H2,24,25,38)(H2,29,30,31)/t18-,19-,20+,21+,22+/m1/s1. The maximum Gasteiger partial charge on any atom is 0.325 e. The molecule has 7 N–H and O–H groups in total. The second-order valence-corrected chi connectivity index (χ2v) is 10.4. The van der Waals surface area contributed by atoms with Crippen LogP contribution >= 0.6 is 19.8 Å². The van der Waals surface area contributed by atoms with Crippen LogP contribution in [-0.2, 0) is 23.5 Å². The predicted molar refractivity (Wildman–Crippen MR) is 141 cm³/mol. The smallest absolute Gasteiger partial charge is 0.325 e. The second-order valence-electron chi connectivity index (χ2n) is 8.20. The summed E-state index contributed by atoms with van der Waals surface area (Å²) in [5.74, 6) is 2.66. The Hall–Kier alpha value is -1.86. The van der Waals surface area contributed by atoms with Gasteiger partial charge in [-0.2, -0.15) is 0 Å². The molecule has 0 saturated carbocycles. The van der Waals surface area contributed by atoms with Gasteiger partial charge < -0.3 is 59.4 Å². The lowest BCUT2D eigenvalue weighted by Crippen LogP contribution is -2.59. The van der Waals surface area contributed by atoms with Crippen molar-refractivity contribution in [3.63, 3.8) is 0 Å². The Bertz CT molecular complexity index is 927. The van der Waals surface area contributed by atoms with Gasteiger partial charge in [-0.05, 0) is 42.9 Å². The van der Waals surface area contributed by atoms with E-state index in [1.807, 2.05) is 0 Å². The zero-order valence-electron chi connectivity index (χ0n) is 20.7. The summed E-state index contributed by atoms with van der Waals surface area (Å²) in [5.41, 5.74) is 0.649. The van der Waals surface area contributed by atoms with E-state index in [1.54, 1.807) is 24.3 Å². The lowest BCUT2D eigenvalue weighted by atomic mass is 9.97. The SMILES string of the molecule is C#CCOCCOCCOCCNC(=S)Nc1ccc(O[C@H]2O[C@H](CCP(=O)(O)O)[C@@H](O)[C@H](O)[C@@H]2O)cc1. The molecule has 0 aromatic heterocycles. The lowest BCUT2D eigenvalue weighted by Gasteiger charge is -2.40. The normalized spacial score (nSPS) is 23.4. The van der Waals surface area contributed by atoms with Crippen LogP contribution in [0.15, 0.2) is 24.3 Å². The highest BCUT2D eigenvalue weighted by atomic mass is 32.1. The van der Waals surface area contributed by atoms with E-state index in [-0.39, 0.29) is 18.8 Å². The zero-order chi connectivity index (χ0) is 28.0. The van der Waals surface area contributed by atoms with Crippen molar-refractivity contribution in [2.75, 3.05) is 57.7 Å². The molecule has 2 rings (SSSR count). The van der Waals surface area contributed by atoms with Gasteiger partial charge in [0.1, 0.15) is 30.7 Å². The fourth-order valence-corrected chi connectivity index (χ4v) is 4.09. The van der Waals surface area contributed by atoms with E-state index in [0.29, 0.717) is 50.4 Å². The Morgan fingerprint density at radius 2 is 1.63 bits per heavy atom. The minimum atomic E-state index is -4.34. The quantitative estimate of drug-likeness (QED) is 0.0571. The van der Waals surface area contributed by atoms with E-state index in [1.165, 1.54) is 0 Å². The van der Waals surface area contributed by atoms with Gasteiger partial charge >= 0.3 is 7.60 Å². The van der Waals surface area contributed by atoms with Gasteiger partial charge in [0, 0.05) is 12.2 Å². The number of nitrogens with one attached hydrogen (secondary N) is 2. The number of thiocarbonyl (C=S) groups is 1. The summed E-state index contributed by atoms with van der Waals surface area (Å²) in [4.78, 5) is 18.1. The first-order valence-electron chi connectivity index (χ1n) is 11.8. The van der Waals surface area contributed by atoms with Crippen LogP contribution in [0.5, 0.6) is 5.75 Å². The van der Waals surface area contributed by atoms with Gasteiger partial charge in [0.15, 0.2) is 5.11 Å². The molecule has 1 fully saturated rings. The summed E-state index contributed by atoms with van der Waals surface area (Å²) in [6.07, 6.45) is -2.93. The molecule has 0 radical (unpaired) electrons. The Balaban J connectivity index is 1.68. The summed E-state index contributed by atoms with van der Waals surface area (Å²) >= 11 is 5.25. The minimum Gasteiger partial charge on any atom is -0.462 e. The molecule has 0 bridgehead atoms. The number of hydrogen-bond acceptors (Lipinski definition) is 10. The van der Waals surface area contributed by atoms with E-state index in [9.17, 15) is 19.9 Å². The number of hydrogen-bond donors (Lipinski definition) is 7. The monoisotopic (exact) mass is 578 g/mol. The third-order valence-corrected chi connectivity index (χ3v) is 6.29. The number of benzene rings is 1. The maximum atomic E-state index is 11.1. The fourth-order valence-electron chi connectivity index (χ4n) is 3.28. The van der Waals surface area contributed by atoms with Gasteiger partial charge in [-0.3, -0.25) is 4.57 Å². The Kier molecular flexibility index (Phi) is 14.4. The Labute approximate surface area is 226 Å². The van der Waals surface area contributed by atoms with Gasteiger partial charge in [0.25, 0.3) is 0 Å². The lowest BCUT2D eigenvalue weighted by molar-refractivity contribution is -0.272. The number of anilines is 1. The van der Waals surface area contributed by atoms with Crippen molar-refractivity contribution in [1.82, 2.24) is 5.32 Å². The molecule has 1 heterocycles. The van der Waals surface area contributed by atoms with E-state index >= 15 is 0 Å². The van der Waals surface area contributed by atoms with E-state index < -0.39 is 44.5 Å². The summed E-state index contributed by atoms with van der Waals surface area (Å²) in [7, 11) is -4.34. The molecule has 0 amide bonds. The highest BCUT2D eigenvalue weighted by molar-refractivity contribution is 7.80. The molecule has 0 aliphatic carbocycles. The van der Waals surface area contributed by atoms with Crippen LogP contribution in [0.2, 0.25) is 0 Å². The summed E-state index contributed by atoms with van der Waals surface area (Å²) < 4.78 is 38.1. The minimum absolute atomic E-state index is 0.232.